The molecule has 1 aromatic carbocycles. The third kappa shape index (κ3) is 5.73. The Morgan fingerprint density at radius 2 is 1.85 bits per heavy atom. The summed E-state index contributed by atoms with van der Waals surface area (Å²) in [5.74, 6) is 0.532. The molecule has 0 aliphatic rings. The van der Waals surface area contributed by atoms with Crippen LogP contribution in [-0.2, 0) is 9.53 Å². The van der Waals surface area contributed by atoms with Gasteiger partial charge in [-0.25, -0.2) is 0 Å². The molecule has 0 radical (unpaired) electrons. The van der Waals surface area contributed by atoms with Crippen molar-refractivity contribution in [2.45, 2.75) is 20.3 Å². The molecule has 0 unspecified atom stereocenters. The summed E-state index contributed by atoms with van der Waals surface area (Å²) >= 11 is 0. The van der Waals surface area contributed by atoms with Gasteiger partial charge in [-0.15, -0.1) is 0 Å². The first-order valence-corrected chi connectivity index (χ1v) is 6.60. The number of methoxy groups -OCH3 is 1. The molecule has 0 saturated carbocycles. The highest BCUT2D eigenvalue weighted by Crippen LogP contribution is 2.13. The van der Waals surface area contributed by atoms with Crippen LogP contribution in [0.1, 0.15) is 30.6 Å². The van der Waals surface area contributed by atoms with Gasteiger partial charge in [0, 0.05) is 5.56 Å². The fourth-order valence-corrected chi connectivity index (χ4v) is 1.44. The lowest BCUT2D eigenvalue weighted by molar-refractivity contribution is -0.139. The Morgan fingerprint density at radius 1 is 1.20 bits per heavy atom. The highest BCUT2D eigenvalue weighted by Gasteiger charge is 2.08. The summed E-state index contributed by atoms with van der Waals surface area (Å²) < 4.78 is 10.0. The number of amides is 1. The number of carbonyl (C=O) groups is 2. The second kappa shape index (κ2) is 8.19. The lowest BCUT2D eigenvalue weighted by atomic mass is 10.1. The van der Waals surface area contributed by atoms with Crippen LogP contribution in [0.15, 0.2) is 24.3 Å². The Kier molecular flexibility index (Phi) is 6.56. The van der Waals surface area contributed by atoms with Gasteiger partial charge >= 0.3 is 5.97 Å². The SMILES string of the molecule is COC(=O)CNC(=O)c1ccc(OCCC(C)C)cc1. The Balaban J connectivity index is 2.45. The van der Waals surface area contributed by atoms with Crippen LogP contribution in [0.4, 0.5) is 0 Å². The van der Waals surface area contributed by atoms with Gasteiger partial charge in [0.25, 0.3) is 5.91 Å². The van der Waals surface area contributed by atoms with Crippen LogP contribution in [0.5, 0.6) is 5.75 Å². The summed E-state index contributed by atoms with van der Waals surface area (Å²) in [6.45, 7) is 4.80. The fourth-order valence-electron chi connectivity index (χ4n) is 1.44. The van der Waals surface area contributed by atoms with E-state index in [-0.39, 0.29) is 12.5 Å². The van der Waals surface area contributed by atoms with Gasteiger partial charge in [-0.2, -0.15) is 0 Å². The molecular formula is C15H21NO4. The van der Waals surface area contributed by atoms with Gasteiger partial charge < -0.3 is 14.8 Å². The van der Waals surface area contributed by atoms with Crippen LogP contribution in [-0.4, -0.2) is 32.1 Å². The maximum atomic E-state index is 11.7. The van der Waals surface area contributed by atoms with Gasteiger partial charge in [0.05, 0.1) is 13.7 Å². The van der Waals surface area contributed by atoms with E-state index in [2.05, 4.69) is 23.9 Å². The number of carbonyl (C=O) groups excluding carboxylic acids is 2. The minimum atomic E-state index is -0.480. The minimum Gasteiger partial charge on any atom is -0.494 e. The Labute approximate surface area is 119 Å². The first kappa shape index (κ1) is 16.0. The zero-order valence-electron chi connectivity index (χ0n) is 12.1. The predicted molar refractivity (Wildman–Crippen MR) is 75.7 cm³/mol. The fraction of sp³-hybridized carbons (Fsp3) is 0.467. The monoisotopic (exact) mass is 279 g/mol. The molecule has 0 aromatic heterocycles. The van der Waals surface area contributed by atoms with E-state index in [0.717, 1.165) is 12.2 Å². The number of hydrogen-bond donors (Lipinski definition) is 1. The summed E-state index contributed by atoms with van der Waals surface area (Å²) in [7, 11) is 1.28. The van der Waals surface area contributed by atoms with Crippen molar-refractivity contribution in [3.8, 4) is 5.75 Å². The van der Waals surface area contributed by atoms with Crippen molar-refractivity contribution in [1.29, 1.82) is 0 Å². The van der Waals surface area contributed by atoms with Crippen LogP contribution in [0.3, 0.4) is 0 Å². The summed E-state index contributed by atoms with van der Waals surface area (Å²) in [4.78, 5) is 22.6. The Bertz CT molecular complexity index is 440. The van der Waals surface area contributed by atoms with E-state index in [0.29, 0.717) is 18.1 Å². The predicted octanol–water partition coefficient (Wildman–Crippen LogP) is 2.01. The topological polar surface area (TPSA) is 64.6 Å². The molecule has 5 nitrogen and oxygen atoms in total. The molecule has 0 spiro atoms. The van der Waals surface area contributed by atoms with E-state index in [9.17, 15) is 9.59 Å². The van der Waals surface area contributed by atoms with Crippen molar-refractivity contribution < 1.29 is 19.1 Å². The highest BCUT2D eigenvalue weighted by atomic mass is 16.5. The van der Waals surface area contributed by atoms with Gasteiger partial charge in [0.2, 0.25) is 0 Å². The zero-order chi connectivity index (χ0) is 15.0. The highest BCUT2D eigenvalue weighted by molar-refractivity contribution is 5.95. The van der Waals surface area contributed by atoms with E-state index in [1.54, 1.807) is 24.3 Å². The van der Waals surface area contributed by atoms with Crippen molar-refractivity contribution in [3.63, 3.8) is 0 Å². The van der Waals surface area contributed by atoms with Crippen LogP contribution in [0.2, 0.25) is 0 Å². The van der Waals surface area contributed by atoms with E-state index in [4.69, 9.17) is 4.74 Å². The van der Waals surface area contributed by atoms with Crippen LogP contribution in [0, 0.1) is 5.92 Å². The summed E-state index contributed by atoms with van der Waals surface area (Å²) in [6, 6.07) is 6.81. The lowest BCUT2D eigenvalue weighted by Gasteiger charge is -2.09. The van der Waals surface area contributed by atoms with Crippen LogP contribution >= 0.6 is 0 Å². The van der Waals surface area contributed by atoms with Crippen molar-refractivity contribution in [1.82, 2.24) is 5.32 Å². The van der Waals surface area contributed by atoms with Crippen molar-refractivity contribution in [2.75, 3.05) is 20.3 Å². The molecule has 0 aliphatic heterocycles. The Morgan fingerprint density at radius 3 is 2.40 bits per heavy atom. The number of esters is 1. The van der Waals surface area contributed by atoms with Gasteiger partial charge in [-0.05, 0) is 36.6 Å². The summed E-state index contributed by atoms with van der Waals surface area (Å²) in [5.41, 5.74) is 0.477. The molecule has 0 bridgehead atoms. The third-order valence-electron chi connectivity index (χ3n) is 2.70. The molecule has 0 atom stereocenters. The average molecular weight is 279 g/mol. The summed E-state index contributed by atoms with van der Waals surface area (Å²) in [5, 5.41) is 2.47. The van der Waals surface area contributed by atoms with Gasteiger partial charge in [0.1, 0.15) is 12.3 Å². The molecule has 110 valence electrons. The van der Waals surface area contributed by atoms with E-state index in [1.165, 1.54) is 7.11 Å². The van der Waals surface area contributed by atoms with Gasteiger partial charge in [-0.1, -0.05) is 13.8 Å². The van der Waals surface area contributed by atoms with Crippen molar-refractivity contribution in [2.24, 2.45) is 5.92 Å². The third-order valence-corrected chi connectivity index (χ3v) is 2.70. The van der Waals surface area contributed by atoms with E-state index >= 15 is 0 Å². The van der Waals surface area contributed by atoms with Gasteiger partial charge in [0.15, 0.2) is 0 Å². The van der Waals surface area contributed by atoms with E-state index < -0.39 is 5.97 Å². The number of hydrogen-bond acceptors (Lipinski definition) is 4. The standard InChI is InChI=1S/C15H21NO4/c1-11(2)8-9-20-13-6-4-12(5-7-13)15(18)16-10-14(17)19-3/h4-7,11H,8-10H2,1-3H3,(H,16,18). The molecule has 0 heterocycles. The summed E-state index contributed by atoms with van der Waals surface area (Å²) in [6.07, 6.45) is 0.987. The second-order valence-corrected chi connectivity index (χ2v) is 4.81. The molecule has 0 fully saturated rings. The first-order chi connectivity index (χ1) is 9.52. The maximum Gasteiger partial charge on any atom is 0.325 e. The number of nitrogens with one attached hydrogen (secondary N) is 1. The molecule has 0 saturated heterocycles. The molecule has 5 heteroatoms. The van der Waals surface area contributed by atoms with E-state index in [1.807, 2.05) is 0 Å². The van der Waals surface area contributed by atoms with Crippen molar-refractivity contribution >= 4 is 11.9 Å². The molecule has 0 aliphatic carbocycles. The largest absolute Gasteiger partial charge is 0.494 e. The molecule has 20 heavy (non-hydrogen) atoms. The number of rotatable bonds is 7. The van der Waals surface area contributed by atoms with Crippen LogP contribution < -0.4 is 10.1 Å². The van der Waals surface area contributed by atoms with Crippen molar-refractivity contribution in [3.05, 3.63) is 29.8 Å². The molecule has 1 amide bonds. The molecule has 1 rings (SSSR count). The maximum absolute atomic E-state index is 11.7. The minimum absolute atomic E-state index is 0.137. The molecule has 1 aromatic rings. The number of ether oxygens (including phenoxy) is 2. The molecular weight excluding hydrogens is 258 g/mol. The van der Waals surface area contributed by atoms with Crippen LogP contribution in [0.25, 0.3) is 0 Å². The quantitative estimate of drug-likeness (QED) is 0.775. The zero-order valence-corrected chi connectivity index (χ0v) is 12.1. The molecule has 1 N–H and O–H groups in total. The second-order valence-electron chi connectivity index (χ2n) is 4.81. The Hall–Kier alpha value is -2.04. The first-order valence-electron chi connectivity index (χ1n) is 6.60. The smallest absolute Gasteiger partial charge is 0.325 e. The normalized spacial score (nSPS) is 10.2. The van der Waals surface area contributed by atoms with Gasteiger partial charge in [-0.3, -0.25) is 9.59 Å². The lowest BCUT2D eigenvalue weighted by Crippen LogP contribution is -2.30. The average Bonchev–Trinajstić information content (AvgIpc) is 2.44. The number of benzene rings is 1.